The monoisotopic (exact) mass is 372 g/mol. The van der Waals surface area contributed by atoms with Crippen molar-refractivity contribution in [3.8, 4) is 0 Å². The lowest BCUT2D eigenvalue weighted by Crippen LogP contribution is -2.24. The molecule has 0 saturated heterocycles. The maximum absolute atomic E-state index is 12.6. The summed E-state index contributed by atoms with van der Waals surface area (Å²) < 4.78 is 27.7. The fourth-order valence-corrected chi connectivity index (χ4v) is 4.54. The predicted octanol–water partition coefficient (Wildman–Crippen LogP) is 3.19. The molecule has 0 aliphatic carbocycles. The van der Waals surface area contributed by atoms with E-state index in [2.05, 4.69) is 10.0 Å². The number of likely N-dealkylation sites (N-methyl/N-ethyl adjacent to an activating group) is 1. The number of rotatable bonds is 6. The summed E-state index contributed by atoms with van der Waals surface area (Å²) in [6.07, 6.45) is 0.137. The minimum atomic E-state index is -3.77. The van der Waals surface area contributed by atoms with Crippen molar-refractivity contribution in [3.05, 3.63) is 45.1 Å². The molecule has 8 heteroatoms. The van der Waals surface area contributed by atoms with Gasteiger partial charge in [-0.1, -0.05) is 17.7 Å². The van der Waals surface area contributed by atoms with Gasteiger partial charge in [0.15, 0.2) is 0 Å². The molecule has 124 valence electrons. The molecule has 5 nitrogen and oxygen atoms in total. The molecule has 0 spiro atoms. The van der Waals surface area contributed by atoms with Crippen molar-refractivity contribution in [3.63, 3.8) is 0 Å². The molecule has 0 saturated carbocycles. The number of benzene rings is 1. The predicted molar refractivity (Wildman–Crippen MR) is 93.7 cm³/mol. The highest BCUT2D eigenvalue weighted by atomic mass is 35.5. The summed E-state index contributed by atoms with van der Waals surface area (Å²) in [5.74, 6) is -0.144. The van der Waals surface area contributed by atoms with E-state index < -0.39 is 10.0 Å². The Kier molecular flexibility index (Phi) is 5.67. The van der Waals surface area contributed by atoms with Crippen LogP contribution >= 0.6 is 22.9 Å². The van der Waals surface area contributed by atoms with E-state index in [0.29, 0.717) is 27.7 Å². The minimum absolute atomic E-state index is 0.125. The first-order chi connectivity index (χ1) is 10.8. The van der Waals surface area contributed by atoms with Gasteiger partial charge >= 0.3 is 0 Å². The summed E-state index contributed by atoms with van der Waals surface area (Å²) in [5.41, 5.74) is 0.905. The van der Waals surface area contributed by atoms with Crippen LogP contribution in [0.25, 0.3) is 0 Å². The Morgan fingerprint density at radius 1 is 1.30 bits per heavy atom. The Balaban J connectivity index is 2.27. The normalized spacial score (nSPS) is 11.3. The van der Waals surface area contributed by atoms with Crippen LogP contribution in [0.4, 0.5) is 5.69 Å². The number of sulfonamides is 1. The molecular weight excluding hydrogens is 356 g/mol. The van der Waals surface area contributed by atoms with Gasteiger partial charge in [0.25, 0.3) is 10.0 Å². The quantitative estimate of drug-likeness (QED) is 0.817. The van der Waals surface area contributed by atoms with Crippen molar-refractivity contribution in [1.29, 1.82) is 0 Å². The second kappa shape index (κ2) is 7.33. The zero-order valence-corrected chi connectivity index (χ0v) is 15.1. The number of thiophene rings is 1. The van der Waals surface area contributed by atoms with Crippen LogP contribution in [0.5, 0.6) is 0 Å². The summed E-state index contributed by atoms with van der Waals surface area (Å²) in [4.78, 5) is 12.5. The lowest BCUT2D eigenvalue weighted by molar-refractivity contribution is -0.120. The molecule has 0 radical (unpaired) electrons. The highest BCUT2D eigenvalue weighted by molar-refractivity contribution is 7.92. The van der Waals surface area contributed by atoms with Crippen LogP contribution in [-0.2, 0) is 21.2 Å². The lowest BCUT2D eigenvalue weighted by atomic mass is 10.2. The van der Waals surface area contributed by atoms with E-state index in [9.17, 15) is 13.2 Å². The third-order valence-corrected chi connectivity index (χ3v) is 6.03. The third kappa shape index (κ3) is 4.25. The van der Waals surface area contributed by atoms with Gasteiger partial charge in [-0.2, -0.15) is 0 Å². The van der Waals surface area contributed by atoms with Crippen molar-refractivity contribution in [2.75, 3.05) is 11.3 Å². The van der Waals surface area contributed by atoms with Crippen LogP contribution in [0.15, 0.2) is 34.5 Å². The van der Waals surface area contributed by atoms with Gasteiger partial charge in [0.2, 0.25) is 5.91 Å². The first-order valence-electron chi connectivity index (χ1n) is 6.96. The number of anilines is 1. The van der Waals surface area contributed by atoms with Crippen molar-refractivity contribution in [1.82, 2.24) is 5.32 Å². The molecule has 2 N–H and O–H groups in total. The SMILES string of the molecule is CCNC(=O)Cc1sccc1NS(=O)(=O)c1cccc(Cl)c1C. The molecule has 0 fully saturated rings. The summed E-state index contributed by atoms with van der Waals surface area (Å²) >= 11 is 7.33. The van der Waals surface area contributed by atoms with Gasteiger partial charge < -0.3 is 5.32 Å². The number of nitrogens with one attached hydrogen (secondary N) is 2. The van der Waals surface area contributed by atoms with Crippen molar-refractivity contribution in [2.45, 2.75) is 25.2 Å². The fraction of sp³-hybridized carbons (Fsp3) is 0.267. The number of carbonyl (C=O) groups is 1. The van der Waals surface area contributed by atoms with E-state index in [4.69, 9.17) is 11.6 Å². The zero-order chi connectivity index (χ0) is 17.0. The average molecular weight is 373 g/mol. The van der Waals surface area contributed by atoms with Crippen LogP contribution in [0.3, 0.4) is 0 Å². The molecule has 2 aromatic rings. The Labute approximate surface area is 144 Å². The molecule has 0 bridgehead atoms. The average Bonchev–Trinajstić information content (AvgIpc) is 2.88. The van der Waals surface area contributed by atoms with Crippen LogP contribution < -0.4 is 10.0 Å². The molecule has 1 aromatic heterocycles. The molecule has 1 heterocycles. The van der Waals surface area contributed by atoms with Crippen LogP contribution in [0.2, 0.25) is 5.02 Å². The van der Waals surface area contributed by atoms with E-state index in [1.165, 1.54) is 17.4 Å². The van der Waals surface area contributed by atoms with Crippen molar-refractivity contribution < 1.29 is 13.2 Å². The first kappa shape index (κ1) is 17.8. The maximum atomic E-state index is 12.6. The highest BCUT2D eigenvalue weighted by Crippen LogP contribution is 2.28. The molecular formula is C15H17ClN2O3S2. The molecule has 0 atom stereocenters. The number of hydrogen-bond acceptors (Lipinski definition) is 4. The van der Waals surface area contributed by atoms with Crippen LogP contribution in [0.1, 0.15) is 17.4 Å². The molecule has 1 amide bonds. The molecule has 2 rings (SSSR count). The van der Waals surface area contributed by atoms with E-state index in [1.807, 2.05) is 6.92 Å². The molecule has 0 aliphatic heterocycles. The van der Waals surface area contributed by atoms with Crippen LogP contribution in [-0.4, -0.2) is 20.9 Å². The number of amides is 1. The summed E-state index contributed by atoms with van der Waals surface area (Å²) in [5, 5.41) is 4.83. The first-order valence-corrected chi connectivity index (χ1v) is 9.70. The van der Waals surface area contributed by atoms with E-state index >= 15 is 0 Å². The van der Waals surface area contributed by atoms with Gasteiger partial charge in [-0.05, 0) is 43.0 Å². The summed E-state index contributed by atoms with van der Waals surface area (Å²) in [6.45, 7) is 4.02. The molecule has 0 aliphatic rings. The van der Waals surface area contributed by atoms with Crippen LogP contribution in [0, 0.1) is 6.92 Å². The molecule has 0 unspecified atom stereocenters. The topological polar surface area (TPSA) is 75.3 Å². The van der Waals surface area contributed by atoms with E-state index in [1.54, 1.807) is 30.5 Å². The van der Waals surface area contributed by atoms with E-state index in [-0.39, 0.29) is 17.2 Å². The standard InChI is InChI=1S/C15H17ClN2O3S2/c1-3-17-15(19)9-13-12(7-8-22-13)18-23(20,21)14-6-4-5-11(16)10(14)2/h4-8,18H,3,9H2,1-2H3,(H,17,19). The van der Waals surface area contributed by atoms with Crippen molar-refractivity contribution >= 4 is 44.6 Å². The van der Waals surface area contributed by atoms with Gasteiger partial charge in [-0.3, -0.25) is 9.52 Å². The zero-order valence-electron chi connectivity index (χ0n) is 12.7. The smallest absolute Gasteiger partial charge is 0.262 e. The largest absolute Gasteiger partial charge is 0.356 e. The molecule has 23 heavy (non-hydrogen) atoms. The van der Waals surface area contributed by atoms with Crippen molar-refractivity contribution in [2.24, 2.45) is 0 Å². The van der Waals surface area contributed by atoms with E-state index in [0.717, 1.165) is 0 Å². The highest BCUT2D eigenvalue weighted by Gasteiger charge is 2.20. The lowest BCUT2D eigenvalue weighted by Gasteiger charge is -2.11. The second-order valence-corrected chi connectivity index (χ2v) is 7.91. The Bertz CT molecular complexity index is 816. The van der Waals surface area contributed by atoms with Gasteiger partial charge in [0, 0.05) is 16.4 Å². The summed E-state index contributed by atoms with van der Waals surface area (Å²) in [7, 11) is -3.77. The Hall–Kier alpha value is -1.57. The van der Waals surface area contributed by atoms with Gasteiger partial charge in [-0.15, -0.1) is 11.3 Å². The third-order valence-electron chi connectivity index (χ3n) is 3.19. The fourth-order valence-electron chi connectivity index (χ4n) is 2.05. The number of halogens is 1. The number of carbonyl (C=O) groups excluding carboxylic acids is 1. The maximum Gasteiger partial charge on any atom is 0.262 e. The number of hydrogen-bond donors (Lipinski definition) is 2. The summed E-state index contributed by atoms with van der Waals surface area (Å²) in [6, 6.07) is 6.38. The Morgan fingerprint density at radius 3 is 2.74 bits per heavy atom. The minimum Gasteiger partial charge on any atom is -0.356 e. The van der Waals surface area contributed by atoms with Gasteiger partial charge in [0.05, 0.1) is 17.0 Å². The Morgan fingerprint density at radius 2 is 2.04 bits per heavy atom. The second-order valence-electron chi connectivity index (χ2n) is 4.86. The van der Waals surface area contributed by atoms with Gasteiger partial charge in [0.1, 0.15) is 0 Å². The van der Waals surface area contributed by atoms with Gasteiger partial charge in [-0.25, -0.2) is 8.42 Å². The molecule has 1 aromatic carbocycles.